The molecule has 196 valence electrons. The van der Waals surface area contributed by atoms with E-state index in [1.165, 1.54) is 18.4 Å². The van der Waals surface area contributed by atoms with Crippen molar-refractivity contribution in [3.05, 3.63) is 59.7 Å². The Morgan fingerprint density at radius 3 is 1.47 bits per heavy atom. The number of hydrogen-bond donors (Lipinski definition) is 1. The average molecular weight is 599 g/mol. The molecule has 0 spiro atoms. The van der Waals surface area contributed by atoms with Crippen LogP contribution in [0, 0.1) is 0 Å². The zero-order valence-electron chi connectivity index (χ0n) is 20.5. The predicted octanol–water partition coefficient (Wildman–Crippen LogP) is 4.46. The third-order valence-corrected chi connectivity index (χ3v) is 6.64. The fourth-order valence-corrected chi connectivity index (χ4v) is 3.54. The van der Waals surface area contributed by atoms with Crippen molar-refractivity contribution in [1.29, 1.82) is 0 Å². The second kappa shape index (κ2) is 17.4. The summed E-state index contributed by atoms with van der Waals surface area (Å²) in [7, 11) is 3.85. The summed E-state index contributed by atoms with van der Waals surface area (Å²) in [5.41, 5.74) is 2.55. The van der Waals surface area contributed by atoms with E-state index in [4.69, 9.17) is 22.3 Å². The van der Waals surface area contributed by atoms with E-state index in [1.54, 1.807) is 43.3 Å². The van der Waals surface area contributed by atoms with Gasteiger partial charge in [0.2, 0.25) is 29.3 Å². The highest BCUT2D eigenvalue weighted by Crippen LogP contribution is 2.22. The van der Waals surface area contributed by atoms with Gasteiger partial charge in [-0.05, 0) is 17.7 Å². The molecule has 0 saturated heterocycles. The molecule has 0 bridgehead atoms. The molecule has 2 aromatic carbocycles. The van der Waals surface area contributed by atoms with Gasteiger partial charge >= 0.3 is 0 Å². The minimum absolute atomic E-state index is 0.171. The molecule has 0 aliphatic rings. The number of halogens is 3. The Kier molecular flexibility index (Phi) is 16.8. The molecule has 1 N–H and O–H groups in total. The number of nitrogens with zero attached hydrogens (tertiary/aromatic N) is 2. The van der Waals surface area contributed by atoms with Gasteiger partial charge in [-0.25, -0.2) is 21.0 Å². The van der Waals surface area contributed by atoms with Crippen LogP contribution in [0.3, 0.4) is 0 Å². The molecule has 0 aliphatic carbocycles. The highest BCUT2D eigenvalue weighted by molar-refractivity contribution is 8.26. The van der Waals surface area contributed by atoms with Gasteiger partial charge in [0.1, 0.15) is 0 Å². The number of para-hydroxylation sites is 2. The first-order valence-corrected chi connectivity index (χ1v) is 16.4. The third-order valence-electron chi connectivity index (χ3n) is 3.97. The molecule has 14 heteroatoms. The van der Waals surface area contributed by atoms with Crippen molar-refractivity contribution in [1.82, 2.24) is 0 Å². The molecule has 34 heavy (non-hydrogen) atoms. The largest absolute Gasteiger partial charge is 0.392 e. The van der Waals surface area contributed by atoms with Crippen molar-refractivity contribution < 1.29 is 27.5 Å². The molecule has 0 heterocycles. The molecule has 0 fully saturated rings. The number of aliphatic hydroxyl groups excluding tert-OH is 1. The number of alkyl halides is 1. The third kappa shape index (κ3) is 13.7. The zero-order chi connectivity index (χ0) is 27.8. The van der Waals surface area contributed by atoms with E-state index in [0.29, 0.717) is 29.7 Å². The molecule has 0 radical (unpaired) electrons. The number of aliphatic hydroxyl groups is 1. The Balaban J connectivity index is 0. The van der Waals surface area contributed by atoms with Gasteiger partial charge in [-0.2, -0.15) is 0 Å². The van der Waals surface area contributed by atoms with Gasteiger partial charge < -0.3 is 5.11 Å². The minimum Gasteiger partial charge on any atom is -0.392 e. The van der Waals surface area contributed by atoms with Crippen LogP contribution in [-0.4, -0.2) is 52.8 Å². The van der Waals surface area contributed by atoms with E-state index in [2.05, 4.69) is 21.4 Å². The van der Waals surface area contributed by atoms with E-state index in [9.17, 15) is 16.8 Å². The summed E-state index contributed by atoms with van der Waals surface area (Å²) in [6, 6.07) is 14.0. The van der Waals surface area contributed by atoms with Gasteiger partial charge in [-0.1, -0.05) is 50.2 Å². The lowest BCUT2D eigenvalue weighted by Gasteiger charge is -2.19. The summed E-state index contributed by atoms with van der Waals surface area (Å²) < 4.78 is 62.7. The van der Waals surface area contributed by atoms with Crippen molar-refractivity contribution in [2.24, 2.45) is 0 Å². The average Bonchev–Trinajstić information content (AvgIpc) is 2.77. The molecule has 0 amide bonds. The van der Waals surface area contributed by atoms with Crippen LogP contribution in [-0.2, 0) is 41.8 Å². The quantitative estimate of drug-likeness (QED) is 0.388. The Morgan fingerprint density at radius 2 is 1.18 bits per heavy atom. The first-order valence-electron chi connectivity index (χ1n) is 10.0. The van der Waals surface area contributed by atoms with Crippen LogP contribution in [0.5, 0.6) is 0 Å². The highest BCUT2D eigenvalue weighted by Gasteiger charge is 2.15. The number of hydrogen-bond acceptors (Lipinski definition) is 6. The summed E-state index contributed by atoms with van der Waals surface area (Å²) in [6.07, 6.45) is 2.29. The monoisotopic (exact) mass is 597 g/mol. The summed E-state index contributed by atoms with van der Waals surface area (Å²) >= 11 is 5.70. The smallest absolute Gasteiger partial charge is 0.232 e. The van der Waals surface area contributed by atoms with Gasteiger partial charge in [0, 0.05) is 48.3 Å². The van der Waals surface area contributed by atoms with E-state index in [-0.39, 0.29) is 6.61 Å². The molecule has 8 nitrogen and oxygen atoms in total. The molecular formula is C20H31Cl3N2O6S3. The molecule has 0 aromatic heterocycles. The van der Waals surface area contributed by atoms with Crippen LogP contribution in [0.2, 0.25) is 0 Å². The van der Waals surface area contributed by atoms with E-state index >= 15 is 0 Å². The van der Waals surface area contributed by atoms with Gasteiger partial charge in [0.05, 0.1) is 30.5 Å². The van der Waals surface area contributed by atoms with Crippen LogP contribution in [0.25, 0.3) is 0 Å². The van der Waals surface area contributed by atoms with Crippen molar-refractivity contribution in [2.45, 2.75) is 26.3 Å². The molecule has 0 aliphatic heterocycles. The number of sulfonamides is 2. The number of benzene rings is 2. The van der Waals surface area contributed by atoms with Crippen LogP contribution < -0.4 is 8.61 Å². The second-order valence-corrected chi connectivity index (χ2v) is 13.0. The van der Waals surface area contributed by atoms with Crippen LogP contribution >= 0.6 is 33.0 Å². The standard InChI is InChI=1S/C9H12ClNO2S.C9H13NO3S.C2H6.Cl2OS/c1-11(14(2,12)13)9-6-4-3-5-8(9)7-10;1-10(14(2,12)13)9-6-4-3-5-8(9)7-11;1-2;1-4(2)3/h3-6H,7H2,1-2H3;3-6,11H,7H2,1-2H3;1-2H3;/i;;1D;. The van der Waals surface area contributed by atoms with Crippen molar-refractivity contribution >= 4 is 73.6 Å². The first-order chi connectivity index (χ1) is 16.1. The van der Waals surface area contributed by atoms with E-state index in [1.807, 2.05) is 12.1 Å². The highest BCUT2D eigenvalue weighted by atomic mass is 36.0. The van der Waals surface area contributed by atoms with E-state index < -0.39 is 29.3 Å². The molecular weight excluding hydrogens is 567 g/mol. The van der Waals surface area contributed by atoms with Crippen LogP contribution in [0.4, 0.5) is 11.4 Å². The molecule has 0 saturated carbocycles. The maximum atomic E-state index is 11.3. The lowest BCUT2D eigenvalue weighted by molar-refractivity contribution is 0.282. The van der Waals surface area contributed by atoms with Crippen LogP contribution in [0.1, 0.15) is 26.3 Å². The van der Waals surface area contributed by atoms with Gasteiger partial charge in [0.15, 0.2) is 0 Å². The fourth-order valence-electron chi connectivity index (χ4n) is 2.24. The lowest BCUT2D eigenvalue weighted by atomic mass is 10.2. The number of rotatable bonds is 6. The zero-order valence-corrected chi connectivity index (χ0v) is 24.2. The molecule has 0 unspecified atom stereocenters. The SMILES string of the molecule is CN(c1ccccc1CCl)S(C)(=O)=O.CN(c1ccccc1CO)S(C)(=O)=O.O=S(Cl)Cl.[2H]CC. The predicted molar refractivity (Wildman–Crippen MR) is 146 cm³/mol. The maximum Gasteiger partial charge on any atom is 0.232 e. The first kappa shape index (κ1) is 32.9. The normalized spacial score (nSPS) is 10.9. The summed E-state index contributed by atoms with van der Waals surface area (Å²) in [5.74, 6) is 0.302. The van der Waals surface area contributed by atoms with E-state index in [0.717, 1.165) is 22.4 Å². The Labute approximate surface area is 221 Å². The van der Waals surface area contributed by atoms with Crippen molar-refractivity contribution in [3.63, 3.8) is 0 Å². The van der Waals surface area contributed by atoms with Gasteiger partial charge in [0.25, 0.3) is 0 Å². The van der Waals surface area contributed by atoms with Crippen molar-refractivity contribution in [3.8, 4) is 0 Å². The summed E-state index contributed by atoms with van der Waals surface area (Å²) in [6.45, 7) is 2.12. The summed E-state index contributed by atoms with van der Waals surface area (Å²) in [4.78, 5) is 0. The fraction of sp³-hybridized carbons (Fsp3) is 0.400. The maximum absolute atomic E-state index is 11.3. The molecule has 2 aromatic rings. The minimum atomic E-state index is -3.27. The topological polar surface area (TPSA) is 112 Å². The second-order valence-electron chi connectivity index (χ2n) is 6.19. The Bertz CT molecular complexity index is 1040. The lowest BCUT2D eigenvalue weighted by Crippen LogP contribution is -2.25. The Hall–Kier alpha value is -1.08. The summed E-state index contributed by atoms with van der Waals surface area (Å²) in [5, 5.41) is 9.01. The van der Waals surface area contributed by atoms with Gasteiger partial charge in [-0.15, -0.1) is 11.6 Å². The van der Waals surface area contributed by atoms with Crippen LogP contribution in [0.15, 0.2) is 48.5 Å². The number of anilines is 2. The van der Waals surface area contributed by atoms with Gasteiger partial charge in [-0.3, -0.25) is 8.61 Å². The van der Waals surface area contributed by atoms with Crippen molar-refractivity contribution in [2.75, 3.05) is 35.2 Å². The molecule has 0 atom stereocenters. The molecule has 2 rings (SSSR count). The Morgan fingerprint density at radius 1 is 0.882 bits per heavy atom.